The molecule has 1 saturated heterocycles. The van der Waals surface area contributed by atoms with E-state index >= 15 is 0 Å². The van der Waals surface area contributed by atoms with Crippen molar-refractivity contribution in [2.75, 3.05) is 25.6 Å². The SMILES string of the molecule is COC(=O)C1(C(=O)Nc2cccc(C)c2)COC1. The topological polar surface area (TPSA) is 64.6 Å². The summed E-state index contributed by atoms with van der Waals surface area (Å²) in [6.07, 6.45) is 0. The second-order valence-electron chi connectivity index (χ2n) is 4.39. The molecule has 2 rings (SSSR count). The quantitative estimate of drug-likeness (QED) is 0.644. The smallest absolute Gasteiger partial charge is 0.326 e. The van der Waals surface area contributed by atoms with Crippen molar-refractivity contribution < 1.29 is 19.1 Å². The summed E-state index contributed by atoms with van der Waals surface area (Å²) in [6.45, 7) is 2.06. The molecular weight excluding hydrogens is 234 g/mol. The van der Waals surface area contributed by atoms with Gasteiger partial charge in [0.1, 0.15) is 0 Å². The van der Waals surface area contributed by atoms with E-state index in [1.807, 2.05) is 25.1 Å². The highest BCUT2D eigenvalue weighted by molar-refractivity contribution is 6.09. The van der Waals surface area contributed by atoms with E-state index in [-0.39, 0.29) is 19.1 Å². The second kappa shape index (κ2) is 4.78. The monoisotopic (exact) mass is 249 g/mol. The van der Waals surface area contributed by atoms with Crippen LogP contribution in [0, 0.1) is 12.3 Å². The minimum absolute atomic E-state index is 0.0668. The molecule has 1 aromatic rings. The second-order valence-corrected chi connectivity index (χ2v) is 4.39. The maximum atomic E-state index is 12.1. The van der Waals surface area contributed by atoms with Crippen LogP contribution in [0.25, 0.3) is 0 Å². The van der Waals surface area contributed by atoms with Crippen molar-refractivity contribution in [2.45, 2.75) is 6.92 Å². The summed E-state index contributed by atoms with van der Waals surface area (Å²) in [5.74, 6) is -0.940. The molecule has 0 saturated carbocycles. The van der Waals surface area contributed by atoms with E-state index < -0.39 is 11.4 Å². The molecule has 5 nitrogen and oxygen atoms in total. The Kier molecular flexibility index (Phi) is 3.34. The van der Waals surface area contributed by atoms with Crippen LogP contribution in [-0.2, 0) is 19.1 Å². The Labute approximate surface area is 105 Å². The minimum Gasteiger partial charge on any atom is -0.468 e. The summed E-state index contributed by atoms with van der Waals surface area (Å²) in [6, 6.07) is 7.38. The van der Waals surface area contributed by atoms with Gasteiger partial charge in [0.2, 0.25) is 5.91 Å². The van der Waals surface area contributed by atoms with Crippen molar-refractivity contribution in [3.8, 4) is 0 Å². The van der Waals surface area contributed by atoms with Crippen molar-refractivity contribution in [1.29, 1.82) is 0 Å². The number of hydrogen-bond donors (Lipinski definition) is 1. The van der Waals surface area contributed by atoms with Gasteiger partial charge < -0.3 is 14.8 Å². The number of hydrogen-bond acceptors (Lipinski definition) is 4. The Morgan fingerprint density at radius 3 is 2.61 bits per heavy atom. The lowest BCUT2D eigenvalue weighted by Gasteiger charge is -2.36. The number of anilines is 1. The first kappa shape index (κ1) is 12.6. The number of carbonyl (C=O) groups is 2. The van der Waals surface area contributed by atoms with Gasteiger partial charge in [-0.2, -0.15) is 0 Å². The summed E-state index contributed by atoms with van der Waals surface area (Å²) in [4.78, 5) is 23.8. The van der Waals surface area contributed by atoms with Crippen LogP contribution in [0.3, 0.4) is 0 Å². The number of amides is 1. The molecule has 0 spiro atoms. The van der Waals surface area contributed by atoms with Crippen LogP contribution in [0.4, 0.5) is 5.69 Å². The first-order chi connectivity index (χ1) is 8.58. The van der Waals surface area contributed by atoms with Crippen molar-refractivity contribution in [3.63, 3.8) is 0 Å². The van der Waals surface area contributed by atoms with E-state index in [0.717, 1.165) is 5.56 Å². The molecule has 18 heavy (non-hydrogen) atoms. The molecule has 1 heterocycles. The summed E-state index contributed by atoms with van der Waals surface area (Å²) in [5.41, 5.74) is 0.498. The predicted octanol–water partition coefficient (Wildman–Crippen LogP) is 1.12. The third kappa shape index (κ3) is 2.09. The van der Waals surface area contributed by atoms with Gasteiger partial charge in [-0.15, -0.1) is 0 Å². The van der Waals surface area contributed by atoms with Crippen molar-refractivity contribution in [2.24, 2.45) is 5.41 Å². The fraction of sp³-hybridized carbons (Fsp3) is 0.385. The molecule has 0 aromatic heterocycles. The number of aryl methyl sites for hydroxylation is 1. The highest BCUT2D eigenvalue weighted by Gasteiger charge is 2.54. The zero-order valence-electron chi connectivity index (χ0n) is 10.4. The highest BCUT2D eigenvalue weighted by Crippen LogP contribution is 2.30. The van der Waals surface area contributed by atoms with Crippen LogP contribution in [0.1, 0.15) is 5.56 Å². The number of methoxy groups -OCH3 is 1. The van der Waals surface area contributed by atoms with E-state index in [9.17, 15) is 9.59 Å². The third-order valence-electron chi connectivity index (χ3n) is 2.98. The number of carbonyl (C=O) groups excluding carboxylic acids is 2. The van der Waals surface area contributed by atoms with E-state index in [2.05, 4.69) is 10.1 Å². The largest absolute Gasteiger partial charge is 0.468 e. The maximum Gasteiger partial charge on any atom is 0.326 e. The van der Waals surface area contributed by atoms with Gasteiger partial charge in [-0.3, -0.25) is 9.59 Å². The lowest BCUT2D eigenvalue weighted by atomic mass is 9.85. The molecule has 0 bridgehead atoms. The predicted molar refractivity (Wildman–Crippen MR) is 65.1 cm³/mol. The van der Waals surface area contributed by atoms with E-state index in [0.29, 0.717) is 5.69 Å². The number of benzene rings is 1. The van der Waals surface area contributed by atoms with Crippen LogP contribution in [-0.4, -0.2) is 32.2 Å². The van der Waals surface area contributed by atoms with Gasteiger partial charge >= 0.3 is 5.97 Å². The van der Waals surface area contributed by atoms with Crippen LogP contribution >= 0.6 is 0 Å². The van der Waals surface area contributed by atoms with Crippen LogP contribution in [0.5, 0.6) is 0 Å². The van der Waals surface area contributed by atoms with Gasteiger partial charge in [-0.05, 0) is 24.6 Å². The Bertz CT molecular complexity index is 480. The van der Waals surface area contributed by atoms with Crippen molar-refractivity contribution in [1.82, 2.24) is 0 Å². The molecule has 1 fully saturated rings. The summed E-state index contributed by atoms with van der Waals surface area (Å²) >= 11 is 0. The first-order valence-electron chi connectivity index (χ1n) is 5.63. The molecule has 5 heteroatoms. The van der Waals surface area contributed by atoms with Gasteiger partial charge in [0.15, 0.2) is 5.41 Å². The molecule has 1 amide bonds. The number of nitrogens with one attached hydrogen (secondary N) is 1. The van der Waals surface area contributed by atoms with Crippen molar-refractivity contribution >= 4 is 17.6 Å². The Balaban J connectivity index is 2.14. The van der Waals surface area contributed by atoms with Crippen molar-refractivity contribution in [3.05, 3.63) is 29.8 Å². The molecule has 96 valence electrons. The van der Waals surface area contributed by atoms with Crippen LogP contribution in [0.15, 0.2) is 24.3 Å². The molecule has 0 unspecified atom stereocenters. The standard InChI is InChI=1S/C13H15NO4/c1-9-4-3-5-10(6-9)14-11(15)13(7-18-8-13)12(16)17-2/h3-6H,7-8H2,1-2H3,(H,14,15). The molecule has 0 aliphatic carbocycles. The Hall–Kier alpha value is -1.88. The average molecular weight is 249 g/mol. The number of ether oxygens (including phenoxy) is 2. The molecule has 1 aromatic carbocycles. The fourth-order valence-electron chi connectivity index (χ4n) is 1.82. The van der Waals surface area contributed by atoms with E-state index in [4.69, 9.17) is 4.74 Å². The van der Waals surface area contributed by atoms with E-state index in [1.165, 1.54) is 7.11 Å². The van der Waals surface area contributed by atoms with Gasteiger partial charge in [-0.1, -0.05) is 12.1 Å². The fourth-order valence-corrected chi connectivity index (χ4v) is 1.82. The minimum atomic E-state index is -1.20. The molecule has 1 aliphatic heterocycles. The average Bonchev–Trinajstić information content (AvgIpc) is 2.27. The summed E-state index contributed by atoms with van der Waals surface area (Å²) < 4.78 is 9.64. The Morgan fingerprint density at radius 1 is 1.39 bits per heavy atom. The number of esters is 1. The zero-order chi connectivity index (χ0) is 13.2. The van der Waals surface area contributed by atoms with Gasteiger partial charge in [0.25, 0.3) is 0 Å². The van der Waals surface area contributed by atoms with Gasteiger partial charge in [0.05, 0.1) is 20.3 Å². The summed E-state index contributed by atoms with van der Waals surface area (Å²) in [7, 11) is 1.27. The molecule has 0 atom stereocenters. The number of rotatable bonds is 3. The lowest BCUT2D eigenvalue weighted by Crippen LogP contribution is -2.57. The summed E-state index contributed by atoms with van der Waals surface area (Å²) in [5, 5.41) is 2.72. The van der Waals surface area contributed by atoms with Gasteiger partial charge in [-0.25, -0.2) is 0 Å². The Morgan fingerprint density at radius 2 is 2.11 bits per heavy atom. The zero-order valence-corrected chi connectivity index (χ0v) is 10.4. The first-order valence-corrected chi connectivity index (χ1v) is 5.63. The maximum absolute atomic E-state index is 12.1. The van der Waals surface area contributed by atoms with Crippen LogP contribution in [0.2, 0.25) is 0 Å². The van der Waals surface area contributed by atoms with Gasteiger partial charge in [0, 0.05) is 5.69 Å². The highest BCUT2D eigenvalue weighted by atomic mass is 16.5. The normalized spacial score (nSPS) is 16.6. The van der Waals surface area contributed by atoms with E-state index in [1.54, 1.807) is 6.07 Å². The molecule has 0 radical (unpaired) electrons. The lowest BCUT2D eigenvalue weighted by molar-refractivity contribution is -0.185. The van der Waals surface area contributed by atoms with Crippen LogP contribution < -0.4 is 5.32 Å². The third-order valence-corrected chi connectivity index (χ3v) is 2.98. The molecule has 1 aliphatic rings. The molecule has 1 N–H and O–H groups in total. The molecular formula is C13H15NO4.